The van der Waals surface area contributed by atoms with Crippen LogP contribution in [0.5, 0.6) is 0 Å². The lowest BCUT2D eigenvalue weighted by Crippen LogP contribution is -1.93. The van der Waals surface area contributed by atoms with Gasteiger partial charge in [-0.25, -0.2) is 0 Å². The van der Waals surface area contributed by atoms with Crippen LogP contribution in [0.1, 0.15) is 0 Å². The topological polar surface area (TPSA) is 40.3 Å². The molecule has 0 bridgehead atoms. The van der Waals surface area contributed by atoms with Crippen LogP contribution in [0.25, 0.3) is 106 Å². The highest BCUT2D eigenvalue weighted by molar-refractivity contribution is 6.12. The van der Waals surface area contributed by atoms with Crippen molar-refractivity contribution in [2.24, 2.45) is 0 Å². The van der Waals surface area contributed by atoms with Crippen molar-refractivity contribution in [3.63, 3.8) is 0 Å². The Bertz CT molecular complexity index is 3460. The summed E-state index contributed by atoms with van der Waals surface area (Å²) < 4.78 is 13.5. The lowest BCUT2D eigenvalue weighted by atomic mass is 10.0. The molecule has 8 aromatic carbocycles. The molecule has 12 aromatic rings. The van der Waals surface area contributed by atoms with Crippen molar-refractivity contribution in [1.82, 2.24) is 18.5 Å². The van der Waals surface area contributed by atoms with Crippen molar-refractivity contribution >= 4 is 60.6 Å². The first kappa shape index (κ1) is 30.8. The Balaban J connectivity index is 1.09. The molecule has 0 aliphatic rings. The molecule has 0 spiro atoms. The molecular weight excluding hydrogens is 685 g/mol. The van der Waals surface area contributed by atoms with E-state index in [0.29, 0.717) is 5.84 Å². The third-order valence-corrected chi connectivity index (χ3v) is 11.3. The van der Waals surface area contributed by atoms with Crippen LogP contribution >= 0.6 is 0 Å². The monoisotopic (exact) mass is 716 g/mol. The van der Waals surface area contributed by atoms with Gasteiger partial charge >= 0.3 is 5.84 Å². The first-order valence-electron chi connectivity index (χ1n) is 19.0. The molecule has 0 unspecified atom stereocenters. The summed E-state index contributed by atoms with van der Waals surface area (Å²) in [6.45, 7) is 0. The predicted octanol–water partition coefficient (Wildman–Crippen LogP) is 13.3. The maximum absolute atomic E-state index is 6.55. The lowest BCUT2D eigenvalue weighted by Gasteiger charge is -2.09. The molecule has 0 aliphatic carbocycles. The van der Waals surface area contributed by atoms with E-state index in [1.54, 1.807) is 0 Å². The van der Waals surface area contributed by atoms with Gasteiger partial charge in [-0.2, -0.15) is 4.98 Å². The fourth-order valence-electron chi connectivity index (χ4n) is 8.79. The van der Waals surface area contributed by atoms with E-state index < -0.39 is 0 Å². The number of hydrogen-bond acceptors (Lipinski definition) is 2. The molecule has 12 rings (SSSR count). The molecule has 0 saturated heterocycles. The van der Waals surface area contributed by atoms with Gasteiger partial charge in [-0.1, -0.05) is 121 Å². The van der Waals surface area contributed by atoms with Gasteiger partial charge in [-0.15, -0.1) is 0 Å². The average molecular weight is 717 g/mol. The third kappa shape index (κ3) is 4.52. The zero-order chi connectivity index (χ0) is 36.7. The molecule has 0 amide bonds. The second-order valence-electron chi connectivity index (χ2n) is 14.4. The van der Waals surface area contributed by atoms with Crippen LogP contribution in [0.2, 0.25) is 0 Å². The Labute approximate surface area is 321 Å². The van der Waals surface area contributed by atoms with Gasteiger partial charge in [0.15, 0.2) is 5.58 Å². The van der Waals surface area contributed by atoms with Gasteiger partial charge in [0.1, 0.15) is 5.69 Å². The minimum absolute atomic E-state index is 0.569. The van der Waals surface area contributed by atoms with E-state index in [4.69, 9.17) is 9.40 Å². The maximum atomic E-state index is 6.55. The summed E-state index contributed by atoms with van der Waals surface area (Å²) in [6, 6.07) is 69.1. The zero-order valence-corrected chi connectivity index (χ0v) is 30.2. The minimum Gasteiger partial charge on any atom is -0.423 e. The summed E-state index contributed by atoms with van der Waals surface area (Å²) >= 11 is 0. The maximum Gasteiger partial charge on any atom is 0.307 e. The number of para-hydroxylation sites is 4. The number of nitrogens with zero attached hydrogens (tertiary/aromatic N) is 4. The van der Waals surface area contributed by atoms with Crippen LogP contribution in [0, 0.1) is 0 Å². The van der Waals surface area contributed by atoms with E-state index in [1.165, 1.54) is 38.1 Å². The van der Waals surface area contributed by atoms with Gasteiger partial charge in [0.2, 0.25) is 0 Å². The molecule has 0 fully saturated rings. The predicted molar refractivity (Wildman–Crippen MR) is 230 cm³/mol. The van der Waals surface area contributed by atoms with Gasteiger partial charge < -0.3 is 13.6 Å². The molecule has 56 heavy (non-hydrogen) atoms. The number of fused-ring (bicyclic) bond motifs is 9. The van der Waals surface area contributed by atoms with Crippen molar-refractivity contribution in [2.75, 3.05) is 0 Å². The number of hydrogen-bond donors (Lipinski definition) is 0. The minimum atomic E-state index is 0.569. The molecule has 0 atom stereocenters. The molecule has 0 saturated carbocycles. The Kier molecular flexibility index (Phi) is 6.56. The zero-order valence-electron chi connectivity index (χ0n) is 30.2. The molecule has 0 radical (unpaired) electrons. The van der Waals surface area contributed by atoms with E-state index in [9.17, 15) is 0 Å². The number of aromatic nitrogens is 4. The molecule has 0 N–H and O–H groups in total. The molecule has 4 heterocycles. The van der Waals surface area contributed by atoms with Gasteiger partial charge in [-0.3, -0.25) is 4.40 Å². The first-order valence-corrected chi connectivity index (χ1v) is 19.0. The second kappa shape index (κ2) is 11.9. The average Bonchev–Trinajstić information content (AvgIpc) is 4.00. The SMILES string of the molecule is c1ccc(-c2nc3oc4ccc(-c5ccc6c(c5)c5ccccc5n6-c5ccccc5)cc4n3c2-c2ccc3c(c2)c2ccccc2n3-c2ccccc2)cc1. The van der Waals surface area contributed by atoms with Gasteiger partial charge in [0.25, 0.3) is 0 Å². The fraction of sp³-hybridized carbons (Fsp3) is 0. The Morgan fingerprint density at radius 3 is 1.46 bits per heavy atom. The van der Waals surface area contributed by atoms with Crippen LogP contribution in [-0.4, -0.2) is 18.5 Å². The van der Waals surface area contributed by atoms with Crippen LogP contribution in [0.3, 0.4) is 0 Å². The van der Waals surface area contributed by atoms with E-state index in [0.717, 1.165) is 61.6 Å². The summed E-state index contributed by atoms with van der Waals surface area (Å²) in [6.07, 6.45) is 0. The highest BCUT2D eigenvalue weighted by Crippen LogP contribution is 2.41. The Morgan fingerprint density at radius 1 is 0.357 bits per heavy atom. The van der Waals surface area contributed by atoms with Crippen LogP contribution in [0.4, 0.5) is 0 Å². The summed E-state index contributed by atoms with van der Waals surface area (Å²) in [5.41, 5.74) is 15.0. The van der Waals surface area contributed by atoms with E-state index >= 15 is 0 Å². The van der Waals surface area contributed by atoms with Crippen LogP contribution in [0.15, 0.2) is 199 Å². The number of benzene rings is 8. The van der Waals surface area contributed by atoms with Crippen LogP contribution < -0.4 is 0 Å². The van der Waals surface area contributed by atoms with Gasteiger partial charge in [-0.05, 0) is 83.9 Å². The second-order valence-corrected chi connectivity index (χ2v) is 14.4. The van der Waals surface area contributed by atoms with E-state index in [2.05, 4.69) is 202 Å². The molecule has 0 aliphatic heterocycles. The van der Waals surface area contributed by atoms with Crippen LogP contribution in [-0.2, 0) is 0 Å². The summed E-state index contributed by atoms with van der Waals surface area (Å²) in [5, 5.41) is 4.84. The van der Waals surface area contributed by atoms with Crippen molar-refractivity contribution in [1.29, 1.82) is 0 Å². The fourth-order valence-corrected chi connectivity index (χ4v) is 8.79. The van der Waals surface area contributed by atoms with Crippen molar-refractivity contribution in [3.05, 3.63) is 194 Å². The van der Waals surface area contributed by atoms with Crippen molar-refractivity contribution < 1.29 is 4.42 Å². The van der Waals surface area contributed by atoms with E-state index in [-0.39, 0.29) is 0 Å². The van der Waals surface area contributed by atoms with Crippen molar-refractivity contribution in [3.8, 4) is 45.0 Å². The standard InChI is InChI=1S/C51H32N4O/c1-4-14-33(15-5-1)49-50(36-25-28-46-42(31-36)40-21-11-13-23-44(40)54(46)38-18-8-3-9-19-38)55-47-32-35(26-29-48(47)56-51(55)52-49)34-24-27-45-41(30-34)39-20-10-12-22-43(39)53(45)37-16-6-2-7-17-37/h1-32H. The van der Waals surface area contributed by atoms with Gasteiger partial charge in [0, 0.05) is 44.0 Å². The largest absolute Gasteiger partial charge is 0.423 e. The van der Waals surface area contributed by atoms with Gasteiger partial charge in [0.05, 0.1) is 33.3 Å². The molecule has 262 valence electrons. The normalized spacial score (nSPS) is 11.9. The smallest absolute Gasteiger partial charge is 0.307 e. The summed E-state index contributed by atoms with van der Waals surface area (Å²) in [7, 11) is 0. The lowest BCUT2D eigenvalue weighted by molar-refractivity contribution is 0.642. The third-order valence-electron chi connectivity index (χ3n) is 11.3. The summed E-state index contributed by atoms with van der Waals surface area (Å²) in [5.74, 6) is 0.569. The first-order chi connectivity index (χ1) is 27.8. The Hall–Kier alpha value is -7.63. The quantitative estimate of drug-likeness (QED) is 0.178. The number of oxazole rings is 1. The highest BCUT2D eigenvalue weighted by Gasteiger charge is 2.23. The molecule has 5 nitrogen and oxygen atoms in total. The molecular formula is C51H32N4O. The number of imidazole rings is 1. The number of rotatable bonds is 5. The molecule has 4 aromatic heterocycles. The highest BCUT2D eigenvalue weighted by atomic mass is 16.4. The van der Waals surface area contributed by atoms with Crippen molar-refractivity contribution in [2.45, 2.75) is 0 Å². The summed E-state index contributed by atoms with van der Waals surface area (Å²) in [4.78, 5) is 5.19. The van der Waals surface area contributed by atoms with E-state index in [1.807, 2.05) is 6.07 Å². The molecule has 5 heteroatoms. The Morgan fingerprint density at radius 2 is 0.839 bits per heavy atom.